The van der Waals surface area contributed by atoms with Gasteiger partial charge in [0.1, 0.15) is 5.15 Å². The third-order valence-electron chi connectivity index (χ3n) is 3.14. The molecule has 22 heavy (non-hydrogen) atoms. The molecule has 0 aliphatic heterocycles. The molecule has 0 saturated carbocycles. The monoisotopic (exact) mass is 316 g/mol. The summed E-state index contributed by atoms with van der Waals surface area (Å²) in [7, 11) is 1.67. The average Bonchev–Trinajstić information content (AvgIpc) is 3.05. The Morgan fingerprint density at radius 2 is 2.05 bits per heavy atom. The van der Waals surface area contributed by atoms with Gasteiger partial charge in [-0.25, -0.2) is 0 Å². The summed E-state index contributed by atoms with van der Waals surface area (Å²) in [4.78, 5) is 16.5. The lowest BCUT2D eigenvalue weighted by atomic mass is 10.2. The molecule has 0 radical (unpaired) electrons. The van der Waals surface area contributed by atoms with Gasteiger partial charge in [-0.2, -0.15) is 10.1 Å². The van der Waals surface area contributed by atoms with E-state index in [0.29, 0.717) is 17.1 Å². The fraction of sp³-hybridized carbons (Fsp3) is 0.143. The number of rotatable bonds is 3. The van der Waals surface area contributed by atoms with Crippen molar-refractivity contribution in [3.63, 3.8) is 0 Å². The van der Waals surface area contributed by atoms with Gasteiger partial charge in [-0.05, 0) is 6.92 Å². The maximum Gasteiger partial charge on any atom is 0.263 e. The van der Waals surface area contributed by atoms with Crippen LogP contribution in [-0.2, 0) is 7.05 Å². The third-order valence-corrected chi connectivity index (χ3v) is 3.57. The smallest absolute Gasteiger partial charge is 0.263 e. The number of aromatic amines is 1. The molecule has 1 aromatic carbocycles. The van der Waals surface area contributed by atoms with Crippen molar-refractivity contribution in [3.8, 4) is 11.4 Å². The van der Waals surface area contributed by atoms with Gasteiger partial charge < -0.3 is 0 Å². The van der Waals surface area contributed by atoms with Gasteiger partial charge in [0.2, 0.25) is 5.95 Å². The van der Waals surface area contributed by atoms with Crippen molar-refractivity contribution in [2.24, 2.45) is 7.05 Å². The highest BCUT2D eigenvalue weighted by atomic mass is 35.5. The molecule has 3 aromatic rings. The van der Waals surface area contributed by atoms with E-state index >= 15 is 0 Å². The van der Waals surface area contributed by atoms with E-state index in [1.807, 2.05) is 30.3 Å². The van der Waals surface area contributed by atoms with E-state index in [1.54, 1.807) is 14.0 Å². The van der Waals surface area contributed by atoms with Crippen LogP contribution in [-0.4, -0.2) is 30.9 Å². The number of nitrogens with zero attached hydrogens (tertiary/aromatic N) is 4. The molecule has 0 saturated heterocycles. The highest BCUT2D eigenvalue weighted by Crippen LogP contribution is 2.20. The number of aryl methyl sites for hydroxylation is 2. The Bertz CT molecular complexity index is 823. The zero-order chi connectivity index (χ0) is 15.7. The molecule has 0 bridgehead atoms. The number of halogens is 1. The predicted molar refractivity (Wildman–Crippen MR) is 82.7 cm³/mol. The molecular weight excluding hydrogens is 304 g/mol. The molecule has 7 nitrogen and oxygen atoms in total. The van der Waals surface area contributed by atoms with Crippen LogP contribution in [0.2, 0.25) is 5.15 Å². The van der Waals surface area contributed by atoms with E-state index in [9.17, 15) is 4.79 Å². The number of H-pyrrole nitrogens is 1. The molecule has 0 spiro atoms. The lowest BCUT2D eigenvalue weighted by Crippen LogP contribution is -2.14. The van der Waals surface area contributed by atoms with Crippen molar-refractivity contribution in [1.29, 1.82) is 0 Å². The molecule has 3 rings (SSSR count). The molecular formula is C14H13ClN6O. The first-order valence-corrected chi connectivity index (χ1v) is 6.92. The summed E-state index contributed by atoms with van der Waals surface area (Å²) < 4.78 is 1.44. The normalized spacial score (nSPS) is 10.7. The molecule has 2 N–H and O–H groups in total. The number of anilines is 1. The van der Waals surface area contributed by atoms with Crippen LogP contribution >= 0.6 is 11.6 Å². The van der Waals surface area contributed by atoms with Crippen molar-refractivity contribution in [2.75, 3.05) is 5.32 Å². The Hall–Kier alpha value is -2.67. The topological polar surface area (TPSA) is 88.5 Å². The Balaban J connectivity index is 1.82. The summed E-state index contributed by atoms with van der Waals surface area (Å²) in [5.41, 5.74) is 1.74. The van der Waals surface area contributed by atoms with Gasteiger partial charge in [-0.1, -0.05) is 41.9 Å². The largest absolute Gasteiger partial charge is 0.289 e. The fourth-order valence-corrected chi connectivity index (χ4v) is 2.36. The van der Waals surface area contributed by atoms with Crippen LogP contribution in [0.4, 0.5) is 5.95 Å². The Morgan fingerprint density at radius 3 is 2.68 bits per heavy atom. The Labute approximate surface area is 131 Å². The standard InChI is InChI=1S/C14H13ClN6O/c1-8-10(11(15)21(2)20-8)13(22)17-14-16-12(18-19-14)9-6-4-3-5-7-9/h3-7H,1-2H3,(H2,16,17,18,19,22). The van der Waals surface area contributed by atoms with Gasteiger partial charge >= 0.3 is 0 Å². The lowest BCUT2D eigenvalue weighted by molar-refractivity contribution is 0.102. The first kappa shape index (κ1) is 14.3. The van der Waals surface area contributed by atoms with Crippen LogP contribution in [0.25, 0.3) is 11.4 Å². The van der Waals surface area contributed by atoms with Crippen molar-refractivity contribution in [1.82, 2.24) is 25.0 Å². The van der Waals surface area contributed by atoms with Crippen LogP contribution < -0.4 is 5.32 Å². The number of carbonyl (C=O) groups is 1. The van der Waals surface area contributed by atoms with Gasteiger partial charge in [-0.3, -0.25) is 19.9 Å². The van der Waals surface area contributed by atoms with Crippen LogP contribution in [0.3, 0.4) is 0 Å². The Morgan fingerprint density at radius 1 is 1.32 bits per heavy atom. The molecule has 0 atom stereocenters. The zero-order valence-corrected chi connectivity index (χ0v) is 12.7. The predicted octanol–water partition coefficient (Wildman–Crippen LogP) is 2.42. The van der Waals surface area contributed by atoms with E-state index in [1.165, 1.54) is 4.68 Å². The molecule has 8 heteroatoms. The second-order valence-electron chi connectivity index (χ2n) is 4.70. The number of benzene rings is 1. The van der Waals surface area contributed by atoms with Crippen LogP contribution in [0, 0.1) is 6.92 Å². The SMILES string of the molecule is Cc1nn(C)c(Cl)c1C(=O)Nc1n[nH]c(-c2ccccc2)n1. The minimum Gasteiger partial charge on any atom is -0.289 e. The van der Waals surface area contributed by atoms with Crippen molar-refractivity contribution in [2.45, 2.75) is 6.92 Å². The summed E-state index contributed by atoms with van der Waals surface area (Å²) in [6.07, 6.45) is 0. The van der Waals surface area contributed by atoms with E-state index in [2.05, 4.69) is 25.6 Å². The van der Waals surface area contributed by atoms with E-state index in [4.69, 9.17) is 11.6 Å². The summed E-state index contributed by atoms with van der Waals surface area (Å²) in [5, 5.41) is 13.8. The van der Waals surface area contributed by atoms with Gasteiger partial charge in [0.15, 0.2) is 5.82 Å². The maximum absolute atomic E-state index is 12.3. The van der Waals surface area contributed by atoms with Crippen LogP contribution in [0.5, 0.6) is 0 Å². The molecule has 2 heterocycles. The lowest BCUT2D eigenvalue weighted by Gasteiger charge is -2.00. The summed E-state index contributed by atoms with van der Waals surface area (Å²) in [5.74, 6) is 0.363. The first-order valence-electron chi connectivity index (χ1n) is 6.54. The van der Waals surface area contributed by atoms with E-state index < -0.39 is 5.91 Å². The highest BCUT2D eigenvalue weighted by Gasteiger charge is 2.20. The number of aromatic nitrogens is 5. The van der Waals surface area contributed by atoms with Crippen molar-refractivity contribution < 1.29 is 4.79 Å². The highest BCUT2D eigenvalue weighted by molar-refractivity contribution is 6.33. The third kappa shape index (κ3) is 2.58. The second-order valence-corrected chi connectivity index (χ2v) is 5.06. The second kappa shape index (κ2) is 5.61. The summed E-state index contributed by atoms with van der Waals surface area (Å²) in [6, 6.07) is 9.50. The van der Waals surface area contributed by atoms with Gasteiger partial charge in [-0.15, -0.1) is 5.10 Å². The quantitative estimate of drug-likeness (QED) is 0.776. The number of hydrogen-bond donors (Lipinski definition) is 2. The molecule has 0 unspecified atom stereocenters. The molecule has 0 aliphatic rings. The molecule has 0 aliphatic carbocycles. The van der Waals surface area contributed by atoms with E-state index in [-0.39, 0.29) is 11.1 Å². The number of nitrogens with one attached hydrogen (secondary N) is 2. The van der Waals surface area contributed by atoms with Crippen LogP contribution in [0.15, 0.2) is 30.3 Å². The maximum atomic E-state index is 12.3. The molecule has 112 valence electrons. The minimum atomic E-state index is -0.394. The number of amides is 1. The minimum absolute atomic E-state index is 0.183. The Kier molecular flexibility index (Phi) is 3.64. The molecule has 0 fully saturated rings. The first-order chi connectivity index (χ1) is 10.6. The van der Waals surface area contributed by atoms with Crippen molar-refractivity contribution >= 4 is 23.5 Å². The molecule has 2 aromatic heterocycles. The summed E-state index contributed by atoms with van der Waals surface area (Å²) in [6.45, 7) is 1.72. The van der Waals surface area contributed by atoms with Gasteiger partial charge in [0.25, 0.3) is 5.91 Å². The van der Waals surface area contributed by atoms with Gasteiger partial charge in [0.05, 0.1) is 11.3 Å². The van der Waals surface area contributed by atoms with Crippen LogP contribution in [0.1, 0.15) is 16.1 Å². The van der Waals surface area contributed by atoms with E-state index in [0.717, 1.165) is 5.56 Å². The summed E-state index contributed by atoms with van der Waals surface area (Å²) >= 11 is 6.07. The zero-order valence-electron chi connectivity index (χ0n) is 12.0. The molecule has 1 amide bonds. The number of hydrogen-bond acceptors (Lipinski definition) is 4. The van der Waals surface area contributed by atoms with Gasteiger partial charge in [0, 0.05) is 12.6 Å². The average molecular weight is 317 g/mol. The number of carbonyl (C=O) groups excluding carboxylic acids is 1. The fourth-order valence-electron chi connectivity index (χ4n) is 2.09. The van der Waals surface area contributed by atoms with Crippen molar-refractivity contribution in [3.05, 3.63) is 46.7 Å².